The fraction of sp³-hybridized carbons (Fsp3) is 0.125. The van der Waals surface area contributed by atoms with Gasteiger partial charge in [0.25, 0.3) is 11.6 Å². The first kappa shape index (κ1) is 18.7. The summed E-state index contributed by atoms with van der Waals surface area (Å²) < 4.78 is 0. The number of nitrogens with zero attached hydrogens (tertiary/aromatic N) is 3. The van der Waals surface area contributed by atoms with Gasteiger partial charge in [-0.05, 0) is 36.4 Å². The average molecular weight is 403 g/mol. The van der Waals surface area contributed by atoms with Crippen LogP contribution in [0.4, 0.5) is 16.5 Å². The minimum Gasteiger partial charge on any atom is -0.302 e. The summed E-state index contributed by atoms with van der Waals surface area (Å²) >= 11 is 2.40. The highest BCUT2D eigenvalue weighted by Gasteiger charge is 2.24. The zero-order chi connectivity index (χ0) is 19.6. The van der Waals surface area contributed by atoms with Crippen LogP contribution in [0.2, 0.25) is 0 Å². The molecule has 0 spiro atoms. The van der Waals surface area contributed by atoms with E-state index in [1.54, 1.807) is 19.2 Å². The number of hydrogen-bond donors (Lipinski definition) is 2. The molecule has 27 heavy (non-hydrogen) atoms. The number of nitrogens with one attached hydrogen (secondary N) is 2. The van der Waals surface area contributed by atoms with Crippen molar-refractivity contribution in [1.82, 2.24) is 10.3 Å². The number of amides is 2. The number of aromatic nitrogens is 1. The van der Waals surface area contributed by atoms with E-state index in [1.807, 2.05) is 0 Å². The van der Waals surface area contributed by atoms with Crippen molar-refractivity contribution < 1.29 is 14.5 Å². The van der Waals surface area contributed by atoms with E-state index < -0.39 is 4.92 Å². The molecule has 1 aromatic carbocycles. The Balaban J connectivity index is 1.79. The van der Waals surface area contributed by atoms with Gasteiger partial charge < -0.3 is 10.6 Å². The molecule has 2 N–H and O–H groups in total. The molecule has 0 atom stereocenters. The van der Waals surface area contributed by atoms with Gasteiger partial charge in [0.15, 0.2) is 10.3 Å². The molecule has 0 radical (unpaired) electrons. The topological polar surface area (TPSA) is 127 Å². The van der Waals surface area contributed by atoms with Gasteiger partial charge in [-0.3, -0.25) is 19.7 Å². The number of nitro groups is 1. The van der Waals surface area contributed by atoms with E-state index in [1.165, 1.54) is 36.5 Å². The second kappa shape index (κ2) is 7.68. The molecule has 0 aliphatic carbocycles. The number of nitro benzene ring substituents is 1. The third kappa shape index (κ3) is 4.57. The Labute approximate surface area is 161 Å². The lowest BCUT2D eigenvalue weighted by Gasteiger charge is -2.01. The number of amidine groups is 1. The maximum absolute atomic E-state index is 12.1. The van der Waals surface area contributed by atoms with E-state index in [9.17, 15) is 19.7 Å². The van der Waals surface area contributed by atoms with E-state index in [2.05, 4.69) is 20.6 Å². The molecule has 138 valence electrons. The van der Waals surface area contributed by atoms with Crippen LogP contribution in [0.5, 0.6) is 0 Å². The largest absolute Gasteiger partial charge is 0.302 e. The summed E-state index contributed by atoms with van der Waals surface area (Å²) in [5, 5.41) is 16.9. The van der Waals surface area contributed by atoms with Gasteiger partial charge in [0.05, 0.1) is 20.4 Å². The molecule has 0 saturated carbocycles. The van der Waals surface area contributed by atoms with Crippen molar-refractivity contribution in [3.05, 3.63) is 49.9 Å². The maximum Gasteiger partial charge on any atom is 0.269 e. The summed E-state index contributed by atoms with van der Waals surface area (Å²) in [6.07, 6.45) is 3.22. The zero-order valence-electron chi connectivity index (χ0n) is 14.2. The second-order valence-corrected chi connectivity index (χ2v) is 7.55. The summed E-state index contributed by atoms with van der Waals surface area (Å²) in [5.41, 5.74) is 1.15. The van der Waals surface area contributed by atoms with Gasteiger partial charge in [0.2, 0.25) is 5.91 Å². The van der Waals surface area contributed by atoms with E-state index in [0.29, 0.717) is 31.3 Å². The molecule has 0 unspecified atom stereocenters. The first-order valence-electron chi connectivity index (χ1n) is 7.60. The van der Waals surface area contributed by atoms with Crippen LogP contribution < -0.4 is 10.6 Å². The van der Waals surface area contributed by atoms with E-state index in [0.717, 1.165) is 11.8 Å². The summed E-state index contributed by atoms with van der Waals surface area (Å²) in [4.78, 5) is 43.1. The Morgan fingerprint density at radius 2 is 2.22 bits per heavy atom. The number of thiazole rings is 1. The monoisotopic (exact) mass is 403 g/mol. The van der Waals surface area contributed by atoms with Crippen LogP contribution in [-0.4, -0.2) is 26.9 Å². The van der Waals surface area contributed by atoms with Crippen LogP contribution in [0.15, 0.2) is 34.3 Å². The molecule has 1 aromatic heterocycles. The Bertz CT molecular complexity index is 1010. The van der Waals surface area contributed by atoms with Gasteiger partial charge in [-0.1, -0.05) is 11.3 Å². The molecule has 2 heterocycles. The minimum atomic E-state index is -0.471. The van der Waals surface area contributed by atoms with Gasteiger partial charge in [-0.25, -0.2) is 9.98 Å². The molecular formula is C16H13N5O4S2. The third-order valence-corrected chi connectivity index (χ3v) is 5.11. The van der Waals surface area contributed by atoms with Crippen LogP contribution in [0, 0.1) is 17.0 Å². The molecule has 1 aliphatic rings. The summed E-state index contributed by atoms with van der Waals surface area (Å²) in [6, 6.07) is 4.34. The number of hydrogen-bond acceptors (Lipinski definition) is 8. The highest BCUT2D eigenvalue weighted by molar-refractivity contribution is 8.18. The average Bonchev–Trinajstić information content (AvgIpc) is 3.15. The number of rotatable bonds is 4. The predicted octanol–water partition coefficient (Wildman–Crippen LogP) is 3.21. The van der Waals surface area contributed by atoms with Crippen LogP contribution in [-0.2, 0) is 9.59 Å². The fourth-order valence-corrected chi connectivity index (χ4v) is 3.87. The molecule has 2 aromatic rings. The van der Waals surface area contributed by atoms with E-state index in [-0.39, 0.29) is 17.5 Å². The van der Waals surface area contributed by atoms with Crippen molar-refractivity contribution >= 4 is 62.7 Å². The molecule has 2 amide bonds. The lowest BCUT2D eigenvalue weighted by molar-refractivity contribution is -0.384. The molecule has 1 fully saturated rings. The molecular weight excluding hydrogens is 390 g/mol. The molecule has 1 saturated heterocycles. The van der Waals surface area contributed by atoms with Crippen LogP contribution in [0.3, 0.4) is 0 Å². The van der Waals surface area contributed by atoms with E-state index >= 15 is 0 Å². The first-order chi connectivity index (χ1) is 12.8. The summed E-state index contributed by atoms with van der Waals surface area (Å²) in [6.45, 7) is 3.11. The molecule has 3 rings (SSSR count). The standard InChI is InChI=1S/C16H13N5O4S2/c1-8-5-10(21(24)25)3-4-12(8)19-16-20-14(23)13(27-16)6-11-7-17-15(26-11)18-9(2)22/h3-7H,1-2H3,(H,17,18,22)(H,19,20,23)/b13-6-. The molecule has 11 heteroatoms. The Morgan fingerprint density at radius 1 is 1.44 bits per heavy atom. The minimum absolute atomic E-state index is 0.0136. The zero-order valence-corrected chi connectivity index (χ0v) is 15.8. The molecule has 0 bridgehead atoms. The van der Waals surface area contributed by atoms with Gasteiger partial charge in [-0.15, -0.1) is 0 Å². The highest BCUT2D eigenvalue weighted by Crippen LogP contribution is 2.31. The molecule has 9 nitrogen and oxygen atoms in total. The lowest BCUT2D eigenvalue weighted by atomic mass is 10.2. The summed E-state index contributed by atoms with van der Waals surface area (Å²) in [7, 11) is 0. The normalized spacial score (nSPS) is 16.6. The Morgan fingerprint density at radius 3 is 2.89 bits per heavy atom. The number of carbonyl (C=O) groups excluding carboxylic acids is 2. The predicted molar refractivity (Wildman–Crippen MR) is 105 cm³/mol. The van der Waals surface area contributed by atoms with Crippen molar-refractivity contribution in [2.45, 2.75) is 13.8 Å². The van der Waals surface area contributed by atoms with Gasteiger partial charge in [0, 0.05) is 25.3 Å². The smallest absolute Gasteiger partial charge is 0.269 e. The van der Waals surface area contributed by atoms with Crippen molar-refractivity contribution in [2.75, 3.05) is 5.32 Å². The van der Waals surface area contributed by atoms with Crippen LogP contribution >= 0.6 is 23.1 Å². The first-order valence-corrected chi connectivity index (χ1v) is 9.23. The van der Waals surface area contributed by atoms with Crippen LogP contribution in [0.25, 0.3) is 6.08 Å². The van der Waals surface area contributed by atoms with Crippen molar-refractivity contribution in [3.63, 3.8) is 0 Å². The van der Waals surface area contributed by atoms with Crippen molar-refractivity contribution in [2.24, 2.45) is 4.99 Å². The maximum atomic E-state index is 12.1. The van der Waals surface area contributed by atoms with Crippen molar-refractivity contribution in [3.8, 4) is 0 Å². The number of aliphatic imine (C=N–C) groups is 1. The number of non-ortho nitro benzene ring substituents is 1. The number of benzene rings is 1. The number of aryl methyl sites for hydroxylation is 1. The summed E-state index contributed by atoms with van der Waals surface area (Å²) in [5.74, 6) is -0.516. The lowest BCUT2D eigenvalue weighted by Crippen LogP contribution is -2.19. The number of carbonyl (C=O) groups is 2. The van der Waals surface area contributed by atoms with Gasteiger partial charge in [0.1, 0.15) is 0 Å². The quantitative estimate of drug-likeness (QED) is 0.458. The fourth-order valence-electron chi connectivity index (χ4n) is 2.16. The third-order valence-electron chi connectivity index (χ3n) is 3.34. The van der Waals surface area contributed by atoms with Gasteiger partial charge >= 0.3 is 0 Å². The highest BCUT2D eigenvalue weighted by atomic mass is 32.2. The second-order valence-electron chi connectivity index (χ2n) is 5.46. The number of anilines is 1. The number of thioether (sulfide) groups is 1. The van der Waals surface area contributed by atoms with E-state index in [4.69, 9.17) is 0 Å². The Kier molecular flexibility index (Phi) is 5.33. The molecule has 1 aliphatic heterocycles. The van der Waals surface area contributed by atoms with Crippen molar-refractivity contribution in [1.29, 1.82) is 0 Å². The van der Waals surface area contributed by atoms with Gasteiger partial charge in [-0.2, -0.15) is 0 Å². The Hall–Kier alpha value is -3.05. The van der Waals surface area contributed by atoms with Crippen LogP contribution in [0.1, 0.15) is 17.4 Å². The SMILES string of the molecule is CC(=O)Nc1ncc(/C=C2\SC(=Nc3ccc([N+](=O)[O-])cc3C)NC2=O)s1.